The summed E-state index contributed by atoms with van der Waals surface area (Å²) in [6.07, 6.45) is 9.25. The van der Waals surface area contributed by atoms with Crippen LogP contribution in [0.3, 0.4) is 0 Å². The number of unbranched alkanes of at least 4 members (excludes halogenated alkanes) is 4. The van der Waals surface area contributed by atoms with Crippen molar-refractivity contribution in [1.29, 1.82) is 0 Å². The van der Waals surface area contributed by atoms with Crippen LogP contribution in [0.25, 0.3) is 0 Å². The fourth-order valence-electron chi connectivity index (χ4n) is 2.13. The molecule has 0 spiro atoms. The van der Waals surface area contributed by atoms with Crippen LogP contribution in [-0.4, -0.2) is 85.5 Å². The molecule has 0 aromatic carbocycles. The number of carbonyl (C=O) groups is 2. The summed E-state index contributed by atoms with van der Waals surface area (Å²) >= 11 is 7.62. The van der Waals surface area contributed by atoms with Gasteiger partial charge in [0.2, 0.25) is 0 Å². The second kappa shape index (κ2) is 25.2. The molecule has 27 heavy (non-hydrogen) atoms. The molecule has 4 nitrogen and oxygen atoms in total. The number of ether oxygens (including phenoxy) is 2. The van der Waals surface area contributed by atoms with E-state index in [4.69, 9.17) is 9.47 Å². The van der Waals surface area contributed by atoms with Gasteiger partial charge in [-0.2, -0.15) is 25.3 Å². The van der Waals surface area contributed by atoms with E-state index in [1.807, 2.05) is 0 Å². The minimum atomic E-state index is -0.216. The fraction of sp³-hybridized carbons (Fsp3) is 0.900. The van der Waals surface area contributed by atoms with Crippen LogP contribution in [0.15, 0.2) is 0 Å². The minimum absolute atomic E-state index is 0. The number of rotatable bonds is 14. The molecule has 0 bridgehead atoms. The third-order valence-electron chi connectivity index (χ3n) is 3.64. The van der Waals surface area contributed by atoms with Crippen molar-refractivity contribution in [1.82, 2.24) is 0 Å². The molecule has 0 unspecified atom stereocenters. The van der Waals surface area contributed by atoms with Gasteiger partial charge in [-0.05, 0) is 24.7 Å². The van der Waals surface area contributed by atoms with Crippen molar-refractivity contribution < 1.29 is 19.1 Å². The summed E-state index contributed by atoms with van der Waals surface area (Å²) in [5.41, 5.74) is 0. The number of thiol groups is 2. The van der Waals surface area contributed by atoms with Gasteiger partial charge in [-0.1, -0.05) is 66.2 Å². The summed E-state index contributed by atoms with van der Waals surface area (Å²) in [5, 5.41) is 0. The van der Waals surface area contributed by atoms with Gasteiger partial charge >= 0.3 is 60.8 Å². The Bertz CT molecular complexity index is 308. The number of hydrogen-bond acceptors (Lipinski definition) is 6. The molecule has 0 atom stereocenters. The van der Waals surface area contributed by atoms with Crippen LogP contribution in [0.5, 0.6) is 0 Å². The zero-order valence-corrected chi connectivity index (χ0v) is 19.0. The Hall–Kier alpha value is 1.21. The molecular weight excluding hydrogens is 506 g/mol. The monoisotopic (exact) mass is 548 g/mol. The van der Waals surface area contributed by atoms with Gasteiger partial charge in [0, 0.05) is 0 Å². The molecular formula is C20H42BaO4S2. The number of hydrogen-bond donors (Lipinski definition) is 2. The maximum atomic E-state index is 10.7. The van der Waals surface area contributed by atoms with E-state index in [2.05, 4.69) is 53.0 Å². The predicted octanol–water partition coefficient (Wildman–Crippen LogP) is 4.44. The molecule has 0 aliphatic heterocycles. The second-order valence-electron chi connectivity index (χ2n) is 7.24. The summed E-state index contributed by atoms with van der Waals surface area (Å²) in [6, 6.07) is 0. The summed E-state index contributed by atoms with van der Waals surface area (Å²) in [4.78, 5) is 21.3. The van der Waals surface area contributed by atoms with E-state index in [1.54, 1.807) is 0 Å². The Kier molecular flexibility index (Phi) is 30.7. The summed E-state index contributed by atoms with van der Waals surface area (Å²) in [6.45, 7) is 10.00. The molecule has 0 amide bonds. The normalized spacial score (nSPS) is 10.1. The van der Waals surface area contributed by atoms with Crippen molar-refractivity contribution in [2.45, 2.75) is 79.1 Å². The van der Waals surface area contributed by atoms with Crippen LogP contribution in [0.2, 0.25) is 0 Å². The van der Waals surface area contributed by atoms with E-state index in [1.165, 1.54) is 25.7 Å². The van der Waals surface area contributed by atoms with E-state index < -0.39 is 0 Å². The molecule has 0 saturated carbocycles. The average molecular weight is 548 g/mol. The molecule has 0 radical (unpaired) electrons. The van der Waals surface area contributed by atoms with Crippen LogP contribution >= 0.6 is 25.3 Å². The molecule has 160 valence electrons. The number of esters is 2. The Labute approximate surface area is 218 Å². The van der Waals surface area contributed by atoms with Gasteiger partial charge in [-0.3, -0.25) is 9.59 Å². The maximum absolute atomic E-state index is 10.7. The average Bonchev–Trinajstić information content (AvgIpc) is 2.60. The predicted molar refractivity (Wildman–Crippen MR) is 125 cm³/mol. The molecule has 0 N–H and O–H groups in total. The van der Waals surface area contributed by atoms with Crippen LogP contribution < -0.4 is 0 Å². The first kappa shape index (κ1) is 32.9. The molecule has 7 heteroatoms. The van der Waals surface area contributed by atoms with Crippen molar-refractivity contribution in [2.24, 2.45) is 11.8 Å². The van der Waals surface area contributed by atoms with Crippen molar-refractivity contribution >= 4 is 86.1 Å². The second-order valence-corrected chi connectivity index (χ2v) is 7.88. The summed E-state index contributed by atoms with van der Waals surface area (Å²) in [5.74, 6) is 1.50. The van der Waals surface area contributed by atoms with Gasteiger partial charge < -0.3 is 9.47 Å². The first-order chi connectivity index (χ1) is 12.3. The van der Waals surface area contributed by atoms with E-state index in [0.29, 0.717) is 13.2 Å². The summed E-state index contributed by atoms with van der Waals surface area (Å²) < 4.78 is 9.77. The van der Waals surface area contributed by atoms with Gasteiger partial charge in [0.1, 0.15) is 0 Å². The van der Waals surface area contributed by atoms with Gasteiger partial charge in [-0.25, -0.2) is 0 Å². The molecule has 0 aromatic heterocycles. The fourth-order valence-corrected chi connectivity index (χ4v) is 2.31. The van der Waals surface area contributed by atoms with Gasteiger partial charge in [-0.15, -0.1) is 0 Å². The molecule has 0 aromatic rings. The van der Waals surface area contributed by atoms with Crippen molar-refractivity contribution in [3.05, 3.63) is 0 Å². The quantitative estimate of drug-likeness (QED) is 0.146. The molecule has 0 aliphatic rings. The molecule has 0 heterocycles. The van der Waals surface area contributed by atoms with Crippen LogP contribution in [0.4, 0.5) is 0 Å². The van der Waals surface area contributed by atoms with Crippen molar-refractivity contribution in [2.75, 3.05) is 24.7 Å². The zero-order chi connectivity index (χ0) is 20.2. The molecule has 0 saturated heterocycles. The van der Waals surface area contributed by atoms with Crippen LogP contribution in [-0.2, 0) is 19.1 Å². The Balaban J connectivity index is -0.000000411. The van der Waals surface area contributed by atoms with Gasteiger partial charge in [0.15, 0.2) is 0 Å². The Morgan fingerprint density at radius 3 is 1.26 bits per heavy atom. The Morgan fingerprint density at radius 2 is 1.00 bits per heavy atom. The molecule has 0 aliphatic carbocycles. The van der Waals surface area contributed by atoms with Crippen LogP contribution in [0, 0.1) is 11.8 Å². The standard InChI is InChI=1S/2C10H20O2S.Ba.2H/c2*1-9(2)6-4-3-5-7-12-10(11)8-13;;;/h2*9,13H,3-8H2,1-2H3;;;. The molecule has 0 rings (SSSR count). The summed E-state index contributed by atoms with van der Waals surface area (Å²) in [7, 11) is 0. The van der Waals surface area contributed by atoms with Gasteiger partial charge in [0.25, 0.3) is 0 Å². The van der Waals surface area contributed by atoms with E-state index >= 15 is 0 Å². The van der Waals surface area contributed by atoms with Gasteiger partial charge in [0.05, 0.1) is 24.7 Å². The SMILES string of the molecule is CC(C)CCCCCOC(=O)CS.CC(C)CCCCCOC(=O)CS.[BaH2]. The zero-order valence-electron chi connectivity index (χ0n) is 17.2. The van der Waals surface area contributed by atoms with E-state index in [-0.39, 0.29) is 72.3 Å². The number of carbonyl (C=O) groups excluding carboxylic acids is 2. The van der Waals surface area contributed by atoms with Crippen molar-refractivity contribution in [3.8, 4) is 0 Å². The Morgan fingerprint density at radius 1 is 0.667 bits per heavy atom. The van der Waals surface area contributed by atoms with Crippen LogP contribution in [0.1, 0.15) is 79.1 Å². The molecule has 0 fully saturated rings. The first-order valence-corrected chi connectivity index (χ1v) is 11.1. The van der Waals surface area contributed by atoms with Crippen molar-refractivity contribution in [3.63, 3.8) is 0 Å². The van der Waals surface area contributed by atoms with E-state index in [9.17, 15) is 9.59 Å². The third-order valence-corrected chi connectivity index (χ3v) is 4.15. The topological polar surface area (TPSA) is 52.6 Å². The first-order valence-electron chi connectivity index (χ1n) is 9.86. The van der Waals surface area contributed by atoms with E-state index in [0.717, 1.165) is 37.5 Å². The third kappa shape index (κ3) is 32.1.